The van der Waals surface area contributed by atoms with E-state index in [2.05, 4.69) is 221 Å². The molecule has 0 atom stereocenters. The summed E-state index contributed by atoms with van der Waals surface area (Å²) in [5.41, 5.74) is 11.1. The Kier molecular flexibility index (Phi) is 7.85. The molecule has 0 aliphatic carbocycles. The maximum Gasteiger partial charge on any atom is -0.00928 e. The van der Waals surface area contributed by atoms with Gasteiger partial charge in [0, 0.05) is 0 Å². The highest BCUT2D eigenvalue weighted by atomic mass is 14.2. The van der Waals surface area contributed by atoms with Crippen LogP contribution in [0.3, 0.4) is 0 Å². The number of rotatable bonds is 4. The summed E-state index contributed by atoms with van der Waals surface area (Å²) in [6.45, 7) is 6.94. The van der Waals surface area contributed by atoms with Crippen molar-refractivity contribution in [3.05, 3.63) is 206 Å². The van der Waals surface area contributed by atoms with Crippen LogP contribution in [0.5, 0.6) is 0 Å². The van der Waals surface area contributed by atoms with Gasteiger partial charge in [-0.1, -0.05) is 197 Å². The van der Waals surface area contributed by atoms with Crippen LogP contribution in [0.25, 0.3) is 109 Å². The average molecular weight is 739 g/mol. The summed E-state index contributed by atoms with van der Waals surface area (Å²) < 4.78 is 0. The van der Waals surface area contributed by atoms with Crippen molar-refractivity contribution in [3.8, 4) is 44.5 Å². The molecule has 0 unspecified atom stereocenters. The van der Waals surface area contributed by atoms with Crippen molar-refractivity contribution in [1.29, 1.82) is 0 Å². The zero-order valence-electron chi connectivity index (χ0n) is 33.1. The molecule has 0 saturated heterocycles. The van der Waals surface area contributed by atoms with Crippen LogP contribution in [0.1, 0.15) is 26.3 Å². The fourth-order valence-electron chi connectivity index (χ4n) is 9.30. The van der Waals surface area contributed by atoms with E-state index >= 15 is 0 Å². The van der Waals surface area contributed by atoms with E-state index in [9.17, 15) is 0 Å². The molecule has 58 heavy (non-hydrogen) atoms. The third kappa shape index (κ3) is 5.67. The Morgan fingerprint density at radius 2 is 0.483 bits per heavy atom. The summed E-state index contributed by atoms with van der Waals surface area (Å²) in [5, 5.41) is 15.6. The summed E-state index contributed by atoms with van der Waals surface area (Å²) in [7, 11) is 0. The highest BCUT2D eigenvalue weighted by molar-refractivity contribution is 6.27. The molecule has 0 heterocycles. The van der Waals surface area contributed by atoms with Crippen molar-refractivity contribution in [1.82, 2.24) is 0 Å². The minimum atomic E-state index is -0.00691. The van der Waals surface area contributed by atoms with Gasteiger partial charge >= 0.3 is 0 Å². The molecule has 0 spiro atoms. The molecule has 11 aromatic carbocycles. The van der Waals surface area contributed by atoms with Crippen molar-refractivity contribution < 1.29 is 0 Å². The lowest BCUT2D eigenvalue weighted by Crippen LogP contribution is -2.11. The fraction of sp³-hybridized carbons (Fsp3) is 0.0690. The van der Waals surface area contributed by atoms with Crippen LogP contribution >= 0.6 is 0 Å². The largest absolute Gasteiger partial charge is 0.0616 e. The molecular weight excluding hydrogens is 697 g/mol. The first-order valence-corrected chi connectivity index (χ1v) is 20.4. The van der Waals surface area contributed by atoms with Crippen LogP contribution in [-0.2, 0) is 5.41 Å². The van der Waals surface area contributed by atoms with E-state index in [1.807, 2.05) is 0 Å². The molecule has 274 valence electrons. The quantitative estimate of drug-likeness (QED) is 0.158. The average Bonchev–Trinajstić information content (AvgIpc) is 3.28. The minimum absolute atomic E-state index is 0.00691. The van der Waals surface area contributed by atoms with Gasteiger partial charge in [0.2, 0.25) is 0 Å². The van der Waals surface area contributed by atoms with Crippen LogP contribution in [0.2, 0.25) is 0 Å². The van der Waals surface area contributed by atoms with E-state index < -0.39 is 0 Å². The van der Waals surface area contributed by atoms with E-state index in [1.54, 1.807) is 0 Å². The zero-order valence-corrected chi connectivity index (χ0v) is 33.1. The van der Waals surface area contributed by atoms with Crippen molar-refractivity contribution in [3.63, 3.8) is 0 Å². The predicted molar refractivity (Wildman–Crippen MR) is 252 cm³/mol. The van der Waals surface area contributed by atoms with Gasteiger partial charge in [0.25, 0.3) is 0 Å². The van der Waals surface area contributed by atoms with Gasteiger partial charge in [0.05, 0.1) is 0 Å². The fourth-order valence-corrected chi connectivity index (χ4v) is 9.30. The SMILES string of the molecule is CC(C)(C)c1cc(-c2ccc(-c3cccc(-c4ccc5c6ccccc6c6ccccc6c5c4)c3)cc2)cc(-c2ccc3c4ccccc4c4ccccc4c3c2)c1. The Morgan fingerprint density at radius 3 is 0.897 bits per heavy atom. The third-order valence-corrected chi connectivity index (χ3v) is 12.4. The zero-order chi connectivity index (χ0) is 39.0. The lowest BCUT2D eigenvalue weighted by Gasteiger charge is -2.22. The van der Waals surface area contributed by atoms with E-state index in [0.29, 0.717) is 0 Å². The lowest BCUT2D eigenvalue weighted by atomic mass is 9.83. The molecule has 11 aromatic rings. The van der Waals surface area contributed by atoms with E-state index in [-0.39, 0.29) is 5.41 Å². The highest BCUT2D eigenvalue weighted by Crippen LogP contribution is 2.41. The molecule has 0 aliphatic rings. The molecule has 0 fully saturated rings. The van der Waals surface area contributed by atoms with Gasteiger partial charge in [0.1, 0.15) is 0 Å². The van der Waals surface area contributed by atoms with Gasteiger partial charge in [-0.15, -0.1) is 0 Å². The van der Waals surface area contributed by atoms with Gasteiger partial charge in [-0.05, 0) is 144 Å². The highest BCUT2D eigenvalue weighted by Gasteiger charge is 2.18. The smallest absolute Gasteiger partial charge is 0.00928 e. The lowest BCUT2D eigenvalue weighted by molar-refractivity contribution is 0.590. The van der Waals surface area contributed by atoms with Crippen molar-refractivity contribution >= 4 is 64.6 Å². The summed E-state index contributed by atoms with van der Waals surface area (Å²) in [5.74, 6) is 0. The molecule has 0 bridgehead atoms. The number of fused-ring (bicyclic) bond motifs is 12. The molecule has 0 aliphatic heterocycles. The summed E-state index contributed by atoms with van der Waals surface area (Å²) >= 11 is 0. The van der Waals surface area contributed by atoms with Crippen LogP contribution < -0.4 is 0 Å². The maximum atomic E-state index is 2.41. The van der Waals surface area contributed by atoms with Crippen LogP contribution in [0, 0.1) is 0 Å². The first-order valence-electron chi connectivity index (χ1n) is 20.4. The molecule has 0 radical (unpaired) electrons. The topological polar surface area (TPSA) is 0 Å². The second-order valence-corrected chi connectivity index (χ2v) is 16.9. The number of benzene rings is 11. The molecular formula is C58H42. The maximum absolute atomic E-state index is 2.41. The summed E-state index contributed by atoms with van der Waals surface area (Å²) in [6, 6.07) is 74.6. The molecule has 0 saturated carbocycles. The molecule has 0 heteroatoms. The predicted octanol–water partition coefficient (Wildman–Crippen LogP) is 16.6. The van der Waals surface area contributed by atoms with E-state index in [0.717, 1.165) is 0 Å². The first kappa shape index (κ1) is 34.2. The molecule has 0 N–H and O–H groups in total. The normalized spacial score (nSPS) is 12.1. The Balaban J connectivity index is 0.971. The van der Waals surface area contributed by atoms with Gasteiger partial charge in [0.15, 0.2) is 0 Å². The Bertz CT molecular complexity index is 3340. The van der Waals surface area contributed by atoms with E-state index in [1.165, 1.54) is 115 Å². The van der Waals surface area contributed by atoms with Crippen molar-refractivity contribution in [2.75, 3.05) is 0 Å². The van der Waals surface area contributed by atoms with Crippen LogP contribution in [0.15, 0.2) is 200 Å². The Labute approximate surface area is 339 Å². The second-order valence-electron chi connectivity index (χ2n) is 16.9. The molecule has 0 nitrogen and oxygen atoms in total. The molecule has 0 aromatic heterocycles. The van der Waals surface area contributed by atoms with Crippen LogP contribution in [0.4, 0.5) is 0 Å². The van der Waals surface area contributed by atoms with Crippen molar-refractivity contribution in [2.45, 2.75) is 26.2 Å². The number of hydrogen-bond acceptors (Lipinski definition) is 0. The second kappa shape index (κ2) is 13.3. The Hall–Kier alpha value is -7.02. The third-order valence-electron chi connectivity index (χ3n) is 12.4. The molecule has 0 amide bonds. The molecule has 11 rings (SSSR count). The minimum Gasteiger partial charge on any atom is -0.0616 e. The Morgan fingerprint density at radius 1 is 0.207 bits per heavy atom. The van der Waals surface area contributed by atoms with Crippen molar-refractivity contribution in [2.24, 2.45) is 0 Å². The van der Waals surface area contributed by atoms with Gasteiger partial charge < -0.3 is 0 Å². The first-order chi connectivity index (χ1) is 28.4. The van der Waals surface area contributed by atoms with Crippen LogP contribution in [-0.4, -0.2) is 0 Å². The van der Waals surface area contributed by atoms with Gasteiger partial charge in [-0.25, -0.2) is 0 Å². The number of hydrogen-bond donors (Lipinski definition) is 0. The van der Waals surface area contributed by atoms with Gasteiger partial charge in [-0.3, -0.25) is 0 Å². The summed E-state index contributed by atoms with van der Waals surface area (Å²) in [4.78, 5) is 0. The monoisotopic (exact) mass is 738 g/mol. The standard InChI is InChI=1S/C58H42/c1-58(2,3)45-33-43(32-44(34-45)42-28-30-55-51-20-7-5-16-47(51)49-18-9-11-22-53(49)57(55)36-42)38-25-23-37(24-26-38)39-13-12-14-40(31-39)41-27-29-54-50-19-6-4-15-46(50)48-17-8-10-21-52(48)56(54)35-41/h4-36H,1-3H3. The summed E-state index contributed by atoms with van der Waals surface area (Å²) in [6.07, 6.45) is 0. The van der Waals surface area contributed by atoms with Gasteiger partial charge in [-0.2, -0.15) is 0 Å². The van der Waals surface area contributed by atoms with E-state index in [4.69, 9.17) is 0 Å².